The largest absolute Gasteiger partial charge is 0.455 e. The maximum absolute atomic E-state index is 15.4. The van der Waals surface area contributed by atoms with Crippen molar-refractivity contribution in [3.8, 4) is 32.5 Å². The number of sulfonamides is 1. The number of thiophene rings is 1. The Morgan fingerprint density at radius 1 is 0.976 bits per heavy atom. The predicted octanol–water partition coefficient (Wildman–Crippen LogP) is 6.81. The van der Waals surface area contributed by atoms with Crippen LogP contribution in [0.3, 0.4) is 0 Å². The molecule has 13 heteroatoms. The second-order valence-corrected chi connectivity index (χ2v) is 12.4. The van der Waals surface area contributed by atoms with Crippen molar-refractivity contribution in [3.05, 3.63) is 83.7 Å². The summed E-state index contributed by atoms with van der Waals surface area (Å²) in [6.45, 7) is 0. The topological polar surface area (TPSA) is 106 Å². The number of para-hydroxylation sites is 1. The van der Waals surface area contributed by atoms with Crippen LogP contribution in [0.2, 0.25) is 0 Å². The molecule has 42 heavy (non-hydrogen) atoms. The van der Waals surface area contributed by atoms with Gasteiger partial charge in [0, 0.05) is 41.6 Å². The van der Waals surface area contributed by atoms with Crippen molar-refractivity contribution in [2.24, 2.45) is 0 Å². The number of furan rings is 1. The summed E-state index contributed by atoms with van der Waals surface area (Å²) in [5, 5.41) is 2.88. The van der Waals surface area contributed by atoms with Gasteiger partial charge in [0.1, 0.15) is 33.4 Å². The fraction of sp³-hybridized carbons (Fsp3) is 0.103. The van der Waals surface area contributed by atoms with Gasteiger partial charge in [-0.3, -0.25) is 9.10 Å². The van der Waals surface area contributed by atoms with Crippen LogP contribution < -0.4 is 9.62 Å². The molecule has 0 saturated heterocycles. The number of nitrogens with one attached hydrogen (secondary N) is 1. The Morgan fingerprint density at radius 3 is 2.38 bits per heavy atom. The molecule has 3 aromatic heterocycles. The number of carbonyl (C=O) groups is 1. The van der Waals surface area contributed by atoms with Crippen LogP contribution in [0.15, 0.2) is 69.5 Å². The van der Waals surface area contributed by atoms with E-state index in [1.165, 1.54) is 74.8 Å². The first-order valence-corrected chi connectivity index (χ1v) is 15.0. The van der Waals surface area contributed by atoms with Gasteiger partial charge in [0.2, 0.25) is 15.9 Å². The lowest BCUT2D eigenvalue weighted by Gasteiger charge is -2.20. The second-order valence-electron chi connectivity index (χ2n) is 9.38. The summed E-state index contributed by atoms with van der Waals surface area (Å²) in [6.07, 6.45) is 1.01. The summed E-state index contributed by atoms with van der Waals surface area (Å²) >= 11 is 0.914. The number of hydrogen-bond donors (Lipinski definition) is 1. The summed E-state index contributed by atoms with van der Waals surface area (Å²) in [5.74, 6) is -2.33. The fourth-order valence-corrected chi connectivity index (χ4v) is 6.08. The molecule has 0 spiro atoms. The molecule has 0 saturated carbocycles. The van der Waals surface area contributed by atoms with E-state index in [9.17, 15) is 22.0 Å². The van der Waals surface area contributed by atoms with E-state index in [0.29, 0.717) is 10.9 Å². The molecule has 8 nitrogen and oxygen atoms in total. The second kappa shape index (κ2) is 10.0. The molecule has 0 aliphatic rings. The van der Waals surface area contributed by atoms with Crippen LogP contribution in [0.4, 0.5) is 18.9 Å². The highest BCUT2D eigenvalue weighted by atomic mass is 32.2. The minimum absolute atomic E-state index is 0.0284. The molecule has 6 rings (SSSR count). The Kier molecular flexibility index (Phi) is 6.58. The summed E-state index contributed by atoms with van der Waals surface area (Å²) < 4.78 is 81.2. The summed E-state index contributed by atoms with van der Waals surface area (Å²) in [6, 6.07) is 13.7. The first-order valence-electron chi connectivity index (χ1n) is 12.3. The minimum Gasteiger partial charge on any atom is -0.455 e. The molecule has 3 heterocycles. The zero-order chi connectivity index (χ0) is 29.9. The van der Waals surface area contributed by atoms with Crippen LogP contribution in [0.1, 0.15) is 10.4 Å². The lowest BCUT2D eigenvalue weighted by molar-refractivity contribution is 0.0964. The van der Waals surface area contributed by atoms with Crippen LogP contribution in [0.25, 0.3) is 54.6 Å². The zero-order valence-corrected chi connectivity index (χ0v) is 23.8. The molecular weight excluding hydrogens is 591 g/mol. The Bertz CT molecular complexity index is 2130. The highest BCUT2D eigenvalue weighted by Crippen LogP contribution is 2.45. The Hall–Kier alpha value is -4.62. The van der Waals surface area contributed by atoms with Gasteiger partial charge < -0.3 is 14.2 Å². The Morgan fingerprint density at radius 2 is 1.71 bits per heavy atom. The number of anilines is 1. The molecule has 214 valence electrons. The molecule has 0 atom stereocenters. The van der Waals surface area contributed by atoms with Crippen molar-refractivity contribution < 1.29 is 35.2 Å². The van der Waals surface area contributed by atoms with Gasteiger partial charge in [0.15, 0.2) is 11.4 Å². The molecule has 6 aromatic rings. The first-order chi connectivity index (χ1) is 20.0. The van der Waals surface area contributed by atoms with E-state index in [-0.39, 0.29) is 54.9 Å². The van der Waals surface area contributed by atoms with Crippen LogP contribution in [0.5, 0.6) is 0 Å². The number of rotatable bonds is 6. The number of oxazole rings is 1. The normalized spacial score (nSPS) is 11.9. The van der Waals surface area contributed by atoms with Crippen molar-refractivity contribution in [1.82, 2.24) is 10.3 Å². The van der Waals surface area contributed by atoms with Gasteiger partial charge in [-0.1, -0.05) is 6.07 Å². The average Bonchev–Trinajstić information content (AvgIpc) is 3.66. The number of halogens is 3. The summed E-state index contributed by atoms with van der Waals surface area (Å²) in [4.78, 5) is 17.4. The van der Waals surface area contributed by atoms with Crippen molar-refractivity contribution in [3.63, 3.8) is 0 Å². The quantitative estimate of drug-likeness (QED) is 0.222. The molecule has 3 aromatic carbocycles. The van der Waals surface area contributed by atoms with Gasteiger partial charge in [-0.05, 0) is 48.5 Å². The van der Waals surface area contributed by atoms with Crippen molar-refractivity contribution in [2.75, 3.05) is 24.7 Å². The molecule has 0 unspecified atom stereocenters. The molecule has 0 radical (unpaired) electrons. The van der Waals surface area contributed by atoms with Crippen molar-refractivity contribution >= 4 is 55.0 Å². The van der Waals surface area contributed by atoms with Gasteiger partial charge in [0.25, 0.3) is 5.91 Å². The third-order valence-corrected chi connectivity index (χ3v) is 9.04. The number of hydrogen-bond acceptors (Lipinski definition) is 7. The molecule has 0 bridgehead atoms. The SMILES string of the molecule is CNC(=O)c1c(-c2ccc(F)cc2)oc2cc(N(C)S(C)(=O)=O)c(-c3cc(F)c(-c4nc5c(F)cccc5o4)s3)cc12. The number of fused-ring (bicyclic) bond motifs is 2. The molecule has 0 fully saturated rings. The maximum Gasteiger partial charge on any atom is 0.255 e. The van der Waals surface area contributed by atoms with Crippen LogP contribution >= 0.6 is 11.3 Å². The molecule has 0 aliphatic carbocycles. The monoisotopic (exact) mass is 611 g/mol. The number of carbonyl (C=O) groups excluding carboxylic acids is 1. The number of aromatic nitrogens is 1. The lowest BCUT2D eigenvalue weighted by atomic mass is 10.0. The fourth-order valence-electron chi connectivity index (χ4n) is 4.58. The highest BCUT2D eigenvalue weighted by molar-refractivity contribution is 7.92. The van der Waals surface area contributed by atoms with E-state index in [4.69, 9.17) is 8.83 Å². The number of amides is 1. The highest BCUT2D eigenvalue weighted by Gasteiger charge is 2.28. The van der Waals surface area contributed by atoms with Crippen LogP contribution in [-0.4, -0.2) is 39.7 Å². The standard InChI is InChI=1S/C29H20F3N3O5S2/c1-33-28(36)24-17-11-16(23-12-19(32)27(41-23)29-34-25-18(31)5-4-6-21(25)40-29)20(35(2)42(3,37)38)13-22(17)39-26(24)14-7-9-15(30)10-8-14/h4-13H,1-3H3,(H,33,36). The molecule has 1 amide bonds. The summed E-state index contributed by atoms with van der Waals surface area (Å²) in [5.41, 5.74) is 1.21. The Labute approximate surface area is 241 Å². The van der Waals surface area contributed by atoms with E-state index < -0.39 is 33.4 Å². The molecular formula is C29H20F3N3O5S2. The number of nitrogens with zero attached hydrogens (tertiary/aromatic N) is 2. The smallest absolute Gasteiger partial charge is 0.255 e. The zero-order valence-electron chi connectivity index (χ0n) is 22.2. The number of benzene rings is 3. The lowest BCUT2D eigenvalue weighted by Crippen LogP contribution is -2.25. The van der Waals surface area contributed by atoms with Crippen molar-refractivity contribution in [1.29, 1.82) is 0 Å². The predicted molar refractivity (Wildman–Crippen MR) is 154 cm³/mol. The average molecular weight is 612 g/mol. The van der Waals surface area contributed by atoms with E-state index in [1.54, 1.807) is 0 Å². The van der Waals surface area contributed by atoms with Crippen LogP contribution in [0, 0.1) is 17.5 Å². The van der Waals surface area contributed by atoms with E-state index in [0.717, 1.165) is 21.9 Å². The summed E-state index contributed by atoms with van der Waals surface area (Å²) in [7, 11) is -1.04. The third-order valence-electron chi connectivity index (χ3n) is 6.72. The van der Waals surface area contributed by atoms with Gasteiger partial charge in [-0.2, -0.15) is 0 Å². The van der Waals surface area contributed by atoms with Crippen molar-refractivity contribution in [2.45, 2.75) is 0 Å². The van der Waals surface area contributed by atoms with E-state index >= 15 is 4.39 Å². The van der Waals surface area contributed by atoms with Gasteiger partial charge in [0.05, 0.1) is 17.5 Å². The molecule has 0 aliphatic heterocycles. The third kappa shape index (κ3) is 4.60. The van der Waals surface area contributed by atoms with E-state index in [1.807, 2.05) is 0 Å². The molecule has 1 N–H and O–H groups in total. The Balaban J connectivity index is 1.61. The van der Waals surface area contributed by atoms with Gasteiger partial charge in [-0.25, -0.2) is 26.6 Å². The van der Waals surface area contributed by atoms with E-state index in [2.05, 4.69) is 10.3 Å². The minimum atomic E-state index is -3.80. The maximum atomic E-state index is 15.4. The van der Waals surface area contributed by atoms with Gasteiger partial charge in [-0.15, -0.1) is 11.3 Å². The van der Waals surface area contributed by atoms with Gasteiger partial charge >= 0.3 is 0 Å². The first kappa shape index (κ1) is 27.5. The van der Waals surface area contributed by atoms with Crippen LogP contribution in [-0.2, 0) is 10.0 Å².